The topological polar surface area (TPSA) is 60.5 Å². The number of hydrogen-bond donors (Lipinski definition) is 1. The van der Waals surface area contributed by atoms with Crippen LogP contribution in [-0.2, 0) is 0 Å². The molecule has 2 heterocycles. The van der Waals surface area contributed by atoms with Crippen molar-refractivity contribution in [2.24, 2.45) is 5.10 Å². The third-order valence-corrected chi connectivity index (χ3v) is 6.03. The van der Waals surface area contributed by atoms with Crippen molar-refractivity contribution < 1.29 is 9.53 Å². The maximum atomic E-state index is 12.7. The molecule has 0 fully saturated rings. The van der Waals surface area contributed by atoms with Crippen molar-refractivity contribution in [2.45, 2.75) is 6.92 Å². The molecule has 0 saturated carbocycles. The summed E-state index contributed by atoms with van der Waals surface area (Å²) in [5.74, 6) is 0.524. The van der Waals surface area contributed by atoms with Crippen molar-refractivity contribution in [3.63, 3.8) is 0 Å². The summed E-state index contributed by atoms with van der Waals surface area (Å²) >= 11 is 0. The molecule has 178 valence electrons. The van der Waals surface area contributed by atoms with Crippen molar-refractivity contribution in [1.82, 2.24) is 14.6 Å². The van der Waals surface area contributed by atoms with Gasteiger partial charge in [0.2, 0.25) is 0 Å². The number of aromatic nitrogens is 2. The molecule has 36 heavy (non-hydrogen) atoms. The zero-order chi connectivity index (χ0) is 24.9. The molecule has 0 atom stereocenters. The molecule has 1 amide bonds. The maximum absolute atomic E-state index is 12.7. The lowest BCUT2D eigenvalue weighted by molar-refractivity contribution is 0.0955. The quantitative estimate of drug-likeness (QED) is 0.232. The van der Waals surface area contributed by atoms with Crippen LogP contribution >= 0.6 is 0 Å². The Morgan fingerprint density at radius 3 is 2.28 bits per heavy atom. The monoisotopic (exact) mass is 474 g/mol. The molecule has 0 bridgehead atoms. The minimum Gasteiger partial charge on any atom is -0.497 e. The normalized spacial score (nSPS) is 11.1. The predicted molar refractivity (Wildman–Crippen MR) is 143 cm³/mol. The summed E-state index contributed by atoms with van der Waals surface area (Å²) in [6, 6.07) is 33.6. The lowest BCUT2D eigenvalue weighted by Gasteiger charge is -2.12. The number of amides is 1. The van der Waals surface area contributed by atoms with Crippen LogP contribution in [-0.4, -0.2) is 28.4 Å². The Labute approximate surface area is 210 Å². The van der Waals surface area contributed by atoms with E-state index in [0.29, 0.717) is 5.56 Å². The Hall–Kier alpha value is -4.84. The summed E-state index contributed by atoms with van der Waals surface area (Å²) in [7, 11) is 1.64. The standard InChI is InChI=1S/C30H26N4O2/c1-22-10-19-29(23-7-4-3-5-8-23)34(22)26-13-11-24(12-14-26)30(35)32-31-21-27-9-6-20-33(27)25-15-17-28(36-2)18-16-25/h3-21H,1-2H3,(H,32,35)/b31-21+. The van der Waals surface area contributed by atoms with Gasteiger partial charge in [0, 0.05) is 28.8 Å². The van der Waals surface area contributed by atoms with Gasteiger partial charge in [-0.2, -0.15) is 5.10 Å². The van der Waals surface area contributed by atoms with Crippen LogP contribution < -0.4 is 10.2 Å². The SMILES string of the molecule is COc1ccc(-n2cccc2/C=N/NC(=O)c2ccc(-n3c(C)ccc3-c3ccccc3)cc2)cc1. The molecule has 6 heteroatoms. The number of carbonyl (C=O) groups excluding carboxylic acids is 1. The van der Waals surface area contributed by atoms with Crippen LogP contribution in [0.2, 0.25) is 0 Å². The molecule has 0 unspecified atom stereocenters. The van der Waals surface area contributed by atoms with Crippen molar-refractivity contribution >= 4 is 12.1 Å². The van der Waals surface area contributed by atoms with Crippen molar-refractivity contribution in [3.05, 3.63) is 126 Å². The average Bonchev–Trinajstić information content (AvgIpc) is 3.56. The molecule has 6 nitrogen and oxygen atoms in total. The predicted octanol–water partition coefficient (Wildman–Crippen LogP) is 6.02. The number of carbonyl (C=O) groups is 1. The van der Waals surface area contributed by atoms with E-state index in [2.05, 4.69) is 46.3 Å². The summed E-state index contributed by atoms with van der Waals surface area (Å²) in [5, 5.41) is 4.17. The molecule has 5 aromatic rings. The number of hydrogen-bond acceptors (Lipinski definition) is 3. The minimum atomic E-state index is -0.270. The zero-order valence-corrected chi connectivity index (χ0v) is 20.1. The van der Waals surface area contributed by atoms with E-state index >= 15 is 0 Å². The summed E-state index contributed by atoms with van der Waals surface area (Å²) in [4.78, 5) is 12.7. The second-order valence-corrected chi connectivity index (χ2v) is 8.31. The molecule has 5 rings (SSSR count). The number of nitrogens with zero attached hydrogens (tertiary/aromatic N) is 3. The summed E-state index contributed by atoms with van der Waals surface area (Å²) < 4.78 is 9.39. The number of nitrogens with one attached hydrogen (secondary N) is 1. The first-order valence-corrected chi connectivity index (χ1v) is 11.6. The van der Waals surface area contributed by atoms with Crippen molar-refractivity contribution in [3.8, 4) is 28.4 Å². The van der Waals surface area contributed by atoms with E-state index in [1.165, 1.54) is 0 Å². The van der Waals surface area contributed by atoms with Gasteiger partial charge in [0.15, 0.2) is 0 Å². The molecule has 0 spiro atoms. The molecule has 0 saturated heterocycles. The minimum absolute atomic E-state index is 0.270. The first-order valence-electron chi connectivity index (χ1n) is 11.6. The van der Waals surface area contributed by atoms with Gasteiger partial charge in [-0.15, -0.1) is 0 Å². The van der Waals surface area contributed by atoms with Gasteiger partial charge in [-0.05, 0) is 85.3 Å². The van der Waals surface area contributed by atoms with Crippen molar-refractivity contribution in [2.75, 3.05) is 7.11 Å². The van der Waals surface area contributed by atoms with E-state index < -0.39 is 0 Å². The Morgan fingerprint density at radius 2 is 1.56 bits per heavy atom. The molecular formula is C30H26N4O2. The van der Waals surface area contributed by atoms with Crippen LogP contribution in [0.15, 0.2) is 114 Å². The maximum Gasteiger partial charge on any atom is 0.271 e. The molecule has 2 aromatic heterocycles. The number of ether oxygens (including phenoxy) is 1. The highest BCUT2D eigenvalue weighted by Gasteiger charge is 2.11. The third kappa shape index (κ3) is 4.70. The van der Waals surface area contributed by atoms with Crippen molar-refractivity contribution in [1.29, 1.82) is 0 Å². The van der Waals surface area contributed by atoms with Gasteiger partial charge in [-0.1, -0.05) is 30.3 Å². The Morgan fingerprint density at radius 1 is 0.833 bits per heavy atom. The van der Waals surface area contributed by atoms with E-state index in [9.17, 15) is 4.79 Å². The van der Waals surface area contributed by atoms with Crippen LogP contribution in [0.5, 0.6) is 5.75 Å². The van der Waals surface area contributed by atoms with Crippen LogP contribution in [0.25, 0.3) is 22.6 Å². The second-order valence-electron chi connectivity index (χ2n) is 8.31. The van der Waals surface area contributed by atoms with Crippen LogP contribution in [0.4, 0.5) is 0 Å². The Bertz CT molecular complexity index is 1500. The fraction of sp³-hybridized carbons (Fsp3) is 0.0667. The van der Waals surface area contributed by atoms with E-state index in [-0.39, 0.29) is 5.91 Å². The highest BCUT2D eigenvalue weighted by Crippen LogP contribution is 2.26. The van der Waals surface area contributed by atoms with Gasteiger partial charge in [0.05, 0.1) is 24.7 Å². The first kappa shape index (κ1) is 22.9. The summed E-state index contributed by atoms with van der Waals surface area (Å²) in [5.41, 5.74) is 9.34. The second kappa shape index (κ2) is 10.2. The highest BCUT2D eigenvalue weighted by molar-refractivity contribution is 5.95. The summed E-state index contributed by atoms with van der Waals surface area (Å²) in [6.07, 6.45) is 3.57. The van der Waals surface area contributed by atoms with E-state index in [0.717, 1.165) is 39.8 Å². The van der Waals surface area contributed by atoms with Gasteiger partial charge in [0.25, 0.3) is 5.91 Å². The van der Waals surface area contributed by atoms with E-state index in [4.69, 9.17) is 4.74 Å². The van der Waals surface area contributed by atoms with Gasteiger partial charge < -0.3 is 13.9 Å². The lowest BCUT2D eigenvalue weighted by Crippen LogP contribution is -2.18. The van der Waals surface area contributed by atoms with E-state index in [1.807, 2.05) is 89.6 Å². The number of hydrazone groups is 1. The smallest absolute Gasteiger partial charge is 0.271 e. The molecule has 0 radical (unpaired) electrons. The van der Waals surface area contributed by atoms with Crippen LogP contribution in [0.3, 0.4) is 0 Å². The van der Waals surface area contributed by atoms with Gasteiger partial charge in [-0.25, -0.2) is 5.43 Å². The number of aryl methyl sites for hydroxylation is 1. The number of rotatable bonds is 7. The third-order valence-electron chi connectivity index (χ3n) is 6.03. The number of benzene rings is 3. The first-order chi connectivity index (χ1) is 17.6. The van der Waals surface area contributed by atoms with Gasteiger partial charge in [-0.3, -0.25) is 4.79 Å². The lowest BCUT2D eigenvalue weighted by atomic mass is 10.1. The highest BCUT2D eigenvalue weighted by atomic mass is 16.5. The number of methoxy groups -OCH3 is 1. The van der Waals surface area contributed by atoms with Gasteiger partial charge >= 0.3 is 0 Å². The molecular weight excluding hydrogens is 448 g/mol. The molecule has 3 aromatic carbocycles. The molecule has 0 aliphatic heterocycles. The Kier molecular flexibility index (Phi) is 6.49. The average molecular weight is 475 g/mol. The molecule has 1 N–H and O–H groups in total. The largest absolute Gasteiger partial charge is 0.497 e. The zero-order valence-electron chi connectivity index (χ0n) is 20.1. The van der Waals surface area contributed by atoms with Crippen LogP contribution in [0.1, 0.15) is 21.7 Å². The van der Waals surface area contributed by atoms with Gasteiger partial charge in [0.1, 0.15) is 5.75 Å². The van der Waals surface area contributed by atoms with Crippen LogP contribution in [0, 0.1) is 6.92 Å². The molecule has 0 aliphatic carbocycles. The Balaban J connectivity index is 1.29. The summed E-state index contributed by atoms with van der Waals surface area (Å²) in [6.45, 7) is 2.07. The molecule has 0 aliphatic rings. The fourth-order valence-corrected chi connectivity index (χ4v) is 4.18. The fourth-order valence-electron chi connectivity index (χ4n) is 4.18. The van der Waals surface area contributed by atoms with E-state index in [1.54, 1.807) is 13.3 Å².